The van der Waals surface area contributed by atoms with E-state index in [9.17, 15) is 0 Å². The van der Waals surface area contributed by atoms with Gasteiger partial charge in [-0.05, 0) is 31.4 Å². The molecular weight excluding hydrogens is 212 g/mol. The highest BCUT2D eigenvalue weighted by Gasteiger charge is 2.29. The van der Waals surface area contributed by atoms with Crippen molar-refractivity contribution in [2.75, 3.05) is 7.11 Å². The van der Waals surface area contributed by atoms with Crippen molar-refractivity contribution >= 4 is 0 Å². The maximum atomic E-state index is 6.21. The van der Waals surface area contributed by atoms with E-state index in [2.05, 4.69) is 37.9 Å². The molecule has 0 bridgehead atoms. The van der Waals surface area contributed by atoms with E-state index >= 15 is 0 Å². The second-order valence-corrected chi connectivity index (χ2v) is 4.69. The first-order valence-corrected chi connectivity index (χ1v) is 6.30. The number of aromatic nitrogens is 1. The lowest BCUT2D eigenvalue weighted by Gasteiger charge is -2.33. The van der Waals surface area contributed by atoms with Crippen molar-refractivity contribution in [3.8, 4) is 0 Å². The van der Waals surface area contributed by atoms with Gasteiger partial charge in [-0.3, -0.25) is 4.98 Å². The molecule has 17 heavy (non-hydrogen) atoms. The van der Waals surface area contributed by atoms with E-state index in [-0.39, 0.29) is 11.6 Å². The summed E-state index contributed by atoms with van der Waals surface area (Å²) in [6.45, 7) is 6.27. The molecule has 0 amide bonds. The highest BCUT2D eigenvalue weighted by Crippen LogP contribution is 2.20. The van der Waals surface area contributed by atoms with Gasteiger partial charge in [-0.25, -0.2) is 0 Å². The van der Waals surface area contributed by atoms with Crippen LogP contribution in [0.1, 0.15) is 38.4 Å². The minimum atomic E-state index is -0.273. The third-order valence-electron chi connectivity index (χ3n) is 3.68. The number of hydrogen-bond donors (Lipinski definition) is 1. The van der Waals surface area contributed by atoms with Crippen molar-refractivity contribution in [1.82, 2.24) is 4.98 Å². The van der Waals surface area contributed by atoms with Crippen LogP contribution in [0.15, 0.2) is 18.3 Å². The molecule has 1 rings (SSSR count). The molecule has 2 atom stereocenters. The molecule has 0 saturated heterocycles. The van der Waals surface area contributed by atoms with Crippen molar-refractivity contribution in [3.05, 3.63) is 29.6 Å². The zero-order valence-electron chi connectivity index (χ0n) is 11.4. The van der Waals surface area contributed by atoms with Gasteiger partial charge in [-0.15, -0.1) is 0 Å². The normalized spacial score (nSPS) is 16.5. The maximum Gasteiger partial charge on any atom is 0.0802 e. The van der Waals surface area contributed by atoms with Crippen LogP contribution in [-0.2, 0) is 17.6 Å². The molecule has 0 aliphatic rings. The number of ether oxygens (including phenoxy) is 1. The predicted molar refractivity (Wildman–Crippen MR) is 71.0 cm³/mol. The van der Waals surface area contributed by atoms with Gasteiger partial charge >= 0.3 is 0 Å². The topological polar surface area (TPSA) is 48.1 Å². The van der Waals surface area contributed by atoms with Gasteiger partial charge in [-0.2, -0.15) is 0 Å². The fourth-order valence-electron chi connectivity index (χ4n) is 1.78. The zero-order valence-corrected chi connectivity index (χ0v) is 11.4. The van der Waals surface area contributed by atoms with E-state index in [0.29, 0.717) is 0 Å². The minimum absolute atomic E-state index is 0.0301. The van der Waals surface area contributed by atoms with E-state index < -0.39 is 0 Å². The molecular formula is C14H24N2O. The predicted octanol–water partition coefficient (Wildman–Crippen LogP) is 2.33. The van der Waals surface area contributed by atoms with Gasteiger partial charge in [0.15, 0.2) is 0 Å². The molecule has 2 unspecified atom stereocenters. The minimum Gasteiger partial charge on any atom is -0.377 e. The Morgan fingerprint density at radius 1 is 1.41 bits per heavy atom. The monoisotopic (exact) mass is 236 g/mol. The Labute approximate surface area is 104 Å². The molecule has 0 spiro atoms. The van der Waals surface area contributed by atoms with E-state index in [1.807, 2.05) is 6.20 Å². The summed E-state index contributed by atoms with van der Waals surface area (Å²) >= 11 is 0. The van der Waals surface area contributed by atoms with Crippen LogP contribution in [-0.4, -0.2) is 23.7 Å². The molecule has 3 heteroatoms. The summed E-state index contributed by atoms with van der Waals surface area (Å²) in [7, 11) is 1.72. The summed E-state index contributed by atoms with van der Waals surface area (Å²) in [5.41, 5.74) is 8.23. The molecule has 0 saturated carbocycles. The van der Waals surface area contributed by atoms with Gasteiger partial charge in [-0.1, -0.05) is 19.9 Å². The molecule has 1 heterocycles. The molecule has 1 aromatic heterocycles. The highest BCUT2D eigenvalue weighted by atomic mass is 16.5. The summed E-state index contributed by atoms with van der Waals surface area (Å²) in [5, 5.41) is 0. The van der Waals surface area contributed by atoms with Gasteiger partial charge in [0.25, 0.3) is 0 Å². The number of nitrogens with zero attached hydrogens (tertiary/aromatic N) is 1. The Hall–Kier alpha value is -0.930. The van der Waals surface area contributed by atoms with Crippen molar-refractivity contribution in [2.45, 2.75) is 51.7 Å². The molecule has 0 radical (unpaired) electrons. The average Bonchev–Trinajstić information content (AvgIpc) is 2.38. The SMILES string of the molecule is CCc1ccc(CC(N)C(C)(CC)OC)nc1. The molecule has 3 nitrogen and oxygen atoms in total. The van der Waals surface area contributed by atoms with Gasteiger partial charge < -0.3 is 10.5 Å². The van der Waals surface area contributed by atoms with Crippen LogP contribution in [0.3, 0.4) is 0 Å². The van der Waals surface area contributed by atoms with E-state index in [1.54, 1.807) is 7.11 Å². The summed E-state index contributed by atoms with van der Waals surface area (Å²) in [4.78, 5) is 4.44. The van der Waals surface area contributed by atoms with Gasteiger partial charge in [0.05, 0.1) is 5.60 Å². The second kappa shape index (κ2) is 6.12. The van der Waals surface area contributed by atoms with Crippen molar-refractivity contribution < 1.29 is 4.74 Å². The lowest BCUT2D eigenvalue weighted by atomic mass is 9.90. The molecule has 0 aliphatic heterocycles. The van der Waals surface area contributed by atoms with Crippen LogP contribution < -0.4 is 5.73 Å². The summed E-state index contributed by atoms with van der Waals surface area (Å²) in [6.07, 6.45) is 4.60. The largest absolute Gasteiger partial charge is 0.377 e. The molecule has 96 valence electrons. The van der Waals surface area contributed by atoms with Gasteiger partial charge in [0.2, 0.25) is 0 Å². The fourth-order valence-corrected chi connectivity index (χ4v) is 1.78. The van der Waals surface area contributed by atoms with Gasteiger partial charge in [0, 0.05) is 31.5 Å². The molecule has 2 N–H and O–H groups in total. The number of pyridine rings is 1. The summed E-state index contributed by atoms with van der Waals surface area (Å²) in [5.74, 6) is 0. The van der Waals surface area contributed by atoms with Crippen molar-refractivity contribution in [2.24, 2.45) is 5.73 Å². The highest BCUT2D eigenvalue weighted by molar-refractivity contribution is 5.15. The van der Waals surface area contributed by atoms with E-state index in [4.69, 9.17) is 10.5 Å². The zero-order chi connectivity index (χ0) is 12.9. The Balaban J connectivity index is 2.69. The summed E-state index contributed by atoms with van der Waals surface area (Å²) in [6, 6.07) is 4.15. The first kappa shape index (κ1) is 14.1. The maximum absolute atomic E-state index is 6.21. The molecule has 0 aromatic carbocycles. The molecule has 0 fully saturated rings. The lowest BCUT2D eigenvalue weighted by molar-refractivity contribution is -0.0186. The Morgan fingerprint density at radius 3 is 2.53 bits per heavy atom. The number of hydrogen-bond acceptors (Lipinski definition) is 3. The van der Waals surface area contributed by atoms with E-state index in [1.165, 1.54) is 5.56 Å². The first-order chi connectivity index (χ1) is 8.05. The van der Waals surface area contributed by atoms with Crippen molar-refractivity contribution in [1.29, 1.82) is 0 Å². The van der Waals surface area contributed by atoms with E-state index in [0.717, 1.165) is 25.0 Å². The molecule has 1 aromatic rings. The Kier molecular flexibility index (Phi) is 5.09. The third-order valence-corrected chi connectivity index (χ3v) is 3.68. The standard InChI is InChI=1S/C14H24N2O/c1-5-11-7-8-12(16-10-11)9-13(15)14(3,6-2)17-4/h7-8,10,13H,5-6,9,15H2,1-4H3. The smallest absolute Gasteiger partial charge is 0.0802 e. The third kappa shape index (κ3) is 3.51. The first-order valence-electron chi connectivity index (χ1n) is 6.30. The van der Waals surface area contributed by atoms with Crippen LogP contribution >= 0.6 is 0 Å². The Morgan fingerprint density at radius 2 is 2.12 bits per heavy atom. The second-order valence-electron chi connectivity index (χ2n) is 4.69. The quantitative estimate of drug-likeness (QED) is 0.824. The number of methoxy groups -OCH3 is 1. The van der Waals surface area contributed by atoms with Gasteiger partial charge in [0.1, 0.15) is 0 Å². The Bertz CT molecular complexity index is 331. The number of aryl methyl sites for hydroxylation is 1. The number of rotatable bonds is 6. The van der Waals surface area contributed by atoms with Crippen molar-refractivity contribution in [3.63, 3.8) is 0 Å². The van der Waals surface area contributed by atoms with Crippen LogP contribution in [0.2, 0.25) is 0 Å². The number of nitrogens with two attached hydrogens (primary N) is 1. The van der Waals surface area contributed by atoms with Crippen LogP contribution in [0, 0.1) is 0 Å². The van der Waals surface area contributed by atoms with Crippen LogP contribution in [0.25, 0.3) is 0 Å². The average molecular weight is 236 g/mol. The van der Waals surface area contributed by atoms with Crippen LogP contribution in [0.4, 0.5) is 0 Å². The van der Waals surface area contributed by atoms with Crippen LogP contribution in [0.5, 0.6) is 0 Å². The molecule has 0 aliphatic carbocycles. The summed E-state index contributed by atoms with van der Waals surface area (Å²) < 4.78 is 5.51. The fraction of sp³-hybridized carbons (Fsp3) is 0.643. The lowest BCUT2D eigenvalue weighted by Crippen LogP contribution is -2.48.